The van der Waals surface area contributed by atoms with Crippen molar-refractivity contribution in [3.05, 3.63) is 35.1 Å². The molecule has 0 aliphatic carbocycles. The molecule has 1 aromatic rings. The van der Waals surface area contributed by atoms with E-state index in [1.54, 1.807) is 6.07 Å². The minimum absolute atomic E-state index is 0.0454. The van der Waals surface area contributed by atoms with Gasteiger partial charge in [-0.05, 0) is 17.7 Å². The monoisotopic (exact) mass is 264 g/mol. The van der Waals surface area contributed by atoms with Crippen molar-refractivity contribution in [1.29, 1.82) is 5.26 Å². The lowest BCUT2D eigenvalue weighted by Crippen LogP contribution is -2.44. The van der Waals surface area contributed by atoms with Crippen LogP contribution in [-0.2, 0) is 11.3 Å². The maximum atomic E-state index is 13.1. The standard InChI is InChI=1S/C14H17FN2O2/c15-13-2-1-11(7-12(13)8-16)9-17-10-14(18)3-5-19-6-4-14/h1-2,7,17-18H,3-6,9-10H2. The molecule has 1 saturated heterocycles. The molecule has 4 nitrogen and oxygen atoms in total. The first-order valence-corrected chi connectivity index (χ1v) is 6.32. The van der Waals surface area contributed by atoms with Gasteiger partial charge in [-0.2, -0.15) is 5.26 Å². The molecular formula is C14H17FN2O2. The van der Waals surface area contributed by atoms with Crippen molar-refractivity contribution in [3.8, 4) is 6.07 Å². The Hall–Kier alpha value is -1.48. The number of ether oxygens (including phenoxy) is 1. The quantitative estimate of drug-likeness (QED) is 0.861. The Bertz CT molecular complexity index is 479. The first-order chi connectivity index (χ1) is 9.13. The number of benzene rings is 1. The number of nitrogens with one attached hydrogen (secondary N) is 1. The van der Waals surface area contributed by atoms with E-state index in [9.17, 15) is 9.50 Å². The second kappa shape index (κ2) is 6.11. The Labute approximate surface area is 111 Å². The molecule has 0 spiro atoms. The number of hydrogen-bond donors (Lipinski definition) is 2. The van der Waals surface area contributed by atoms with E-state index in [0.717, 1.165) is 5.56 Å². The maximum Gasteiger partial charge on any atom is 0.140 e. The Balaban J connectivity index is 1.87. The average molecular weight is 264 g/mol. The lowest BCUT2D eigenvalue weighted by molar-refractivity contribution is -0.0617. The predicted molar refractivity (Wildman–Crippen MR) is 67.8 cm³/mol. The van der Waals surface area contributed by atoms with Gasteiger partial charge in [0.25, 0.3) is 0 Å². The van der Waals surface area contributed by atoms with Gasteiger partial charge in [-0.1, -0.05) is 6.07 Å². The van der Waals surface area contributed by atoms with Crippen LogP contribution in [0.3, 0.4) is 0 Å². The van der Waals surface area contributed by atoms with Crippen molar-refractivity contribution >= 4 is 0 Å². The Morgan fingerprint density at radius 3 is 2.84 bits per heavy atom. The van der Waals surface area contributed by atoms with E-state index < -0.39 is 11.4 Å². The normalized spacial score (nSPS) is 17.9. The van der Waals surface area contributed by atoms with Crippen LogP contribution >= 0.6 is 0 Å². The molecule has 0 aromatic heterocycles. The SMILES string of the molecule is N#Cc1cc(CNCC2(O)CCOCC2)ccc1F. The van der Waals surface area contributed by atoms with Crippen LogP contribution in [0, 0.1) is 17.1 Å². The molecule has 1 aromatic carbocycles. The Kier molecular flexibility index (Phi) is 4.48. The molecule has 0 amide bonds. The summed E-state index contributed by atoms with van der Waals surface area (Å²) in [4.78, 5) is 0. The largest absolute Gasteiger partial charge is 0.388 e. The first kappa shape index (κ1) is 13.9. The van der Waals surface area contributed by atoms with Gasteiger partial charge < -0.3 is 15.2 Å². The van der Waals surface area contributed by atoms with Crippen LogP contribution in [0.4, 0.5) is 4.39 Å². The lowest BCUT2D eigenvalue weighted by Gasteiger charge is -2.32. The lowest BCUT2D eigenvalue weighted by atomic mass is 9.94. The predicted octanol–water partition coefficient (Wildman–Crippen LogP) is 1.33. The Morgan fingerprint density at radius 1 is 1.42 bits per heavy atom. The highest BCUT2D eigenvalue weighted by molar-refractivity contribution is 5.34. The Morgan fingerprint density at radius 2 is 2.16 bits per heavy atom. The van der Waals surface area contributed by atoms with Gasteiger partial charge in [0.05, 0.1) is 11.2 Å². The van der Waals surface area contributed by atoms with Gasteiger partial charge in [0.2, 0.25) is 0 Å². The van der Waals surface area contributed by atoms with E-state index in [-0.39, 0.29) is 5.56 Å². The summed E-state index contributed by atoms with van der Waals surface area (Å²) in [5.41, 5.74) is 0.147. The number of nitriles is 1. The van der Waals surface area contributed by atoms with Crippen LogP contribution in [0.5, 0.6) is 0 Å². The summed E-state index contributed by atoms with van der Waals surface area (Å²) in [6, 6.07) is 6.26. The smallest absolute Gasteiger partial charge is 0.140 e. The van der Waals surface area contributed by atoms with Crippen LogP contribution in [0.2, 0.25) is 0 Å². The molecule has 2 N–H and O–H groups in total. The zero-order valence-electron chi connectivity index (χ0n) is 10.7. The molecule has 2 rings (SSSR count). The molecule has 1 aliphatic heterocycles. The fraction of sp³-hybridized carbons (Fsp3) is 0.500. The summed E-state index contributed by atoms with van der Waals surface area (Å²) in [5.74, 6) is -0.505. The van der Waals surface area contributed by atoms with Crippen LogP contribution in [0.25, 0.3) is 0 Å². The van der Waals surface area contributed by atoms with Gasteiger partial charge >= 0.3 is 0 Å². The maximum absolute atomic E-state index is 13.1. The van der Waals surface area contributed by atoms with Crippen LogP contribution in [-0.4, -0.2) is 30.5 Å². The van der Waals surface area contributed by atoms with E-state index in [2.05, 4.69) is 5.32 Å². The molecule has 1 fully saturated rings. The number of rotatable bonds is 4. The highest BCUT2D eigenvalue weighted by atomic mass is 19.1. The van der Waals surface area contributed by atoms with Crippen LogP contribution in [0.15, 0.2) is 18.2 Å². The molecule has 0 radical (unpaired) electrons. The summed E-state index contributed by atoms with van der Waals surface area (Å²) in [7, 11) is 0. The first-order valence-electron chi connectivity index (χ1n) is 6.32. The van der Waals surface area contributed by atoms with Crippen LogP contribution < -0.4 is 5.32 Å². The van der Waals surface area contributed by atoms with E-state index in [0.29, 0.717) is 39.1 Å². The molecule has 102 valence electrons. The highest BCUT2D eigenvalue weighted by Gasteiger charge is 2.29. The summed E-state index contributed by atoms with van der Waals surface area (Å²) < 4.78 is 18.4. The molecule has 0 saturated carbocycles. The third kappa shape index (κ3) is 3.74. The van der Waals surface area contributed by atoms with Gasteiger partial charge in [0.1, 0.15) is 11.9 Å². The van der Waals surface area contributed by atoms with E-state index in [1.165, 1.54) is 12.1 Å². The molecule has 1 heterocycles. The number of aliphatic hydroxyl groups is 1. The van der Waals surface area contributed by atoms with Crippen molar-refractivity contribution < 1.29 is 14.2 Å². The van der Waals surface area contributed by atoms with Gasteiger partial charge in [-0.3, -0.25) is 0 Å². The summed E-state index contributed by atoms with van der Waals surface area (Å²) in [6.07, 6.45) is 1.24. The zero-order valence-corrected chi connectivity index (χ0v) is 10.7. The van der Waals surface area contributed by atoms with Crippen molar-refractivity contribution in [3.63, 3.8) is 0 Å². The van der Waals surface area contributed by atoms with E-state index in [4.69, 9.17) is 10.00 Å². The van der Waals surface area contributed by atoms with Crippen molar-refractivity contribution in [1.82, 2.24) is 5.32 Å². The second-order valence-electron chi connectivity index (χ2n) is 4.87. The minimum atomic E-state index is -0.726. The summed E-state index contributed by atoms with van der Waals surface area (Å²) in [5, 5.41) is 22.1. The van der Waals surface area contributed by atoms with Gasteiger partial charge in [-0.15, -0.1) is 0 Å². The van der Waals surface area contributed by atoms with Gasteiger partial charge in [0, 0.05) is 39.1 Å². The zero-order chi connectivity index (χ0) is 13.7. The van der Waals surface area contributed by atoms with Gasteiger partial charge in [0.15, 0.2) is 0 Å². The molecule has 1 aliphatic rings. The van der Waals surface area contributed by atoms with Crippen LogP contribution in [0.1, 0.15) is 24.0 Å². The average Bonchev–Trinajstić information content (AvgIpc) is 2.41. The van der Waals surface area contributed by atoms with Crippen molar-refractivity contribution in [2.24, 2.45) is 0 Å². The fourth-order valence-corrected chi connectivity index (χ4v) is 2.14. The van der Waals surface area contributed by atoms with E-state index in [1.807, 2.05) is 6.07 Å². The molecule has 0 bridgehead atoms. The third-order valence-corrected chi connectivity index (χ3v) is 3.36. The fourth-order valence-electron chi connectivity index (χ4n) is 2.14. The molecule has 19 heavy (non-hydrogen) atoms. The topological polar surface area (TPSA) is 65.3 Å². The van der Waals surface area contributed by atoms with Crippen molar-refractivity contribution in [2.75, 3.05) is 19.8 Å². The second-order valence-corrected chi connectivity index (χ2v) is 4.87. The summed E-state index contributed by atoms with van der Waals surface area (Å²) in [6.45, 7) is 2.12. The number of halogens is 1. The van der Waals surface area contributed by atoms with Gasteiger partial charge in [-0.25, -0.2) is 4.39 Å². The highest BCUT2D eigenvalue weighted by Crippen LogP contribution is 2.19. The molecule has 0 atom stereocenters. The number of hydrogen-bond acceptors (Lipinski definition) is 4. The van der Waals surface area contributed by atoms with E-state index >= 15 is 0 Å². The minimum Gasteiger partial charge on any atom is -0.388 e. The molecule has 0 unspecified atom stereocenters. The molecule has 5 heteroatoms. The number of nitrogens with zero attached hydrogens (tertiary/aromatic N) is 1. The molecular weight excluding hydrogens is 247 g/mol. The third-order valence-electron chi connectivity index (χ3n) is 3.36. The summed E-state index contributed by atoms with van der Waals surface area (Å²) >= 11 is 0. The van der Waals surface area contributed by atoms with Crippen molar-refractivity contribution in [2.45, 2.75) is 25.0 Å².